The maximum Gasteiger partial charge on any atom is 0.397 e. The Morgan fingerprint density at radius 3 is 1.94 bits per heavy atom. The molecule has 0 aromatic rings. The molecule has 0 aromatic heterocycles. The molecule has 0 saturated carbocycles. The maximum absolute atomic E-state index is 10.5. The van der Waals surface area contributed by atoms with E-state index < -0.39 is 16.3 Å². The summed E-state index contributed by atoms with van der Waals surface area (Å²) in [6, 6.07) is 0. The standard InChI is InChI=1S/C7H14N2O.CH4O4S/c1-3-4-6(8)5(2)7(9)10;1-5-6(2,3)4/h3-4,8H2,1-2H3,(H2,9,10);1H3,(H,2,3,4)/b6-5+;. The van der Waals surface area contributed by atoms with Crippen molar-refractivity contribution in [2.45, 2.75) is 26.7 Å². The van der Waals surface area contributed by atoms with Gasteiger partial charge in [-0.1, -0.05) is 13.3 Å². The van der Waals surface area contributed by atoms with Gasteiger partial charge in [0.15, 0.2) is 0 Å². The van der Waals surface area contributed by atoms with Crippen molar-refractivity contribution in [2.75, 3.05) is 7.11 Å². The number of hydrogen-bond donors (Lipinski definition) is 3. The van der Waals surface area contributed by atoms with E-state index in [0.29, 0.717) is 11.3 Å². The summed E-state index contributed by atoms with van der Waals surface area (Å²) in [5.41, 5.74) is 11.6. The van der Waals surface area contributed by atoms with Crippen LogP contribution >= 0.6 is 0 Å². The van der Waals surface area contributed by atoms with E-state index in [0.717, 1.165) is 20.0 Å². The molecular formula is C8H18N2O5S. The summed E-state index contributed by atoms with van der Waals surface area (Å²) in [5.74, 6) is -0.425. The normalized spacial score (nSPS) is 12.2. The van der Waals surface area contributed by atoms with Gasteiger partial charge in [0, 0.05) is 11.3 Å². The highest BCUT2D eigenvalue weighted by Gasteiger charge is 2.01. The molecule has 0 aliphatic heterocycles. The molecule has 0 radical (unpaired) electrons. The largest absolute Gasteiger partial charge is 0.402 e. The van der Waals surface area contributed by atoms with E-state index in [1.54, 1.807) is 6.92 Å². The first-order valence-electron chi connectivity index (χ1n) is 4.43. The number of primary amides is 1. The molecule has 0 rings (SSSR count). The van der Waals surface area contributed by atoms with Crippen LogP contribution in [0.5, 0.6) is 0 Å². The first-order valence-corrected chi connectivity index (χ1v) is 5.80. The smallest absolute Gasteiger partial charge is 0.397 e. The zero-order chi connectivity index (χ0) is 13.4. The summed E-state index contributed by atoms with van der Waals surface area (Å²) in [7, 11) is -3.29. The van der Waals surface area contributed by atoms with Gasteiger partial charge in [-0.2, -0.15) is 8.42 Å². The van der Waals surface area contributed by atoms with Crippen molar-refractivity contribution in [3.8, 4) is 0 Å². The molecule has 96 valence electrons. The quantitative estimate of drug-likeness (QED) is 0.475. The SMILES string of the molecule is CCC/C(N)=C(/C)C(N)=O.COS(=O)(=O)O. The lowest BCUT2D eigenvalue weighted by Crippen LogP contribution is -2.16. The molecule has 0 aliphatic rings. The van der Waals surface area contributed by atoms with Crippen LogP contribution in [0.4, 0.5) is 0 Å². The Hall–Kier alpha value is -1.12. The lowest BCUT2D eigenvalue weighted by atomic mass is 10.1. The summed E-state index contributed by atoms with van der Waals surface area (Å²) in [6.45, 7) is 3.65. The van der Waals surface area contributed by atoms with Crippen LogP contribution in [-0.4, -0.2) is 26.0 Å². The van der Waals surface area contributed by atoms with E-state index in [-0.39, 0.29) is 0 Å². The van der Waals surface area contributed by atoms with Gasteiger partial charge in [0.2, 0.25) is 5.91 Å². The summed E-state index contributed by atoms with van der Waals surface area (Å²) >= 11 is 0. The van der Waals surface area contributed by atoms with Crippen LogP contribution in [0, 0.1) is 0 Å². The van der Waals surface area contributed by atoms with Gasteiger partial charge in [0.05, 0.1) is 7.11 Å². The number of nitrogens with two attached hydrogens (primary N) is 2. The number of rotatable bonds is 4. The maximum atomic E-state index is 10.5. The van der Waals surface area contributed by atoms with Gasteiger partial charge in [-0.25, -0.2) is 0 Å². The van der Waals surface area contributed by atoms with Crippen LogP contribution in [0.1, 0.15) is 26.7 Å². The third-order valence-corrected chi connectivity index (χ3v) is 2.00. The van der Waals surface area contributed by atoms with Gasteiger partial charge < -0.3 is 11.5 Å². The van der Waals surface area contributed by atoms with Crippen LogP contribution in [0.15, 0.2) is 11.3 Å². The summed E-state index contributed by atoms with van der Waals surface area (Å²) < 4.78 is 29.7. The Bertz CT molecular complexity index is 347. The van der Waals surface area contributed by atoms with Crippen molar-refractivity contribution < 1.29 is 21.9 Å². The van der Waals surface area contributed by atoms with E-state index in [2.05, 4.69) is 4.18 Å². The Kier molecular flexibility index (Phi) is 8.73. The van der Waals surface area contributed by atoms with Gasteiger partial charge in [0.1, 0.15) is 0 Å². The van der Waals surface area contributed by atoms with Crippen molar-refractivity contribution >= 4 is 16.3 Å². The summed E-state index contributed by atoms with van der Waals surface area (Å²) in [6.07, 6.45) is 1.69. The second-order valence-corrected chi connectivity index (χ2v) is 4.05. The Morgan fingerprint density at radius 2 is 1.75 bits per heavy atom. The molecule has 1 amide bonds. The van der Waals surface area contributed by atoms with Crippen LogP contribution in [-0.2, 0) is 19.4 Å². The second kappa shape index (κ2) is 8.08. The van der Waals surface area contributed by atoms with E-state index in [4.69, 9.17) is 16.0 Å². The van der Waals surface area contributed by atoms with E-state index >= 15 is 0 Å². The van der Waals surface area contributed by atoms with Crippen molar-refractivity contribution in [1.82, 2.24) is 0 Å². The highest BCUT2D eigenvalue weighted by Crippen LogP contribution is 2.03. The monoisotopic (exact) mass is 254 g/mol. The molecule has 0 spiro atoms. The molecule has 16 heavy (non-hydrogen) atoms. The van der Waals surface area contributed by atoms with Crippen LogP contribution in [0.25, 0.3) is 0 Å². The highest BCUT2D eigenvalue weighted by atomic mass is 32.3. The fourth-order valence-electron chi connectivity index (χ4n) is 0.615. The molecule has 0 atom stereocenters. The van der Waals surface area contributed by atoms with Gasteiger partial charge >= 0.3 is 10.4 Å². The van der Waals surface area contributed by atoms with Gasteiger partial charge in [0.25, 0.3) is 0 Å². The topological polar surface area (TPSA) is 133 Å². The number of carbonyl (C=O) groups excluding carboxylic acids is 1. The molecule has 7 nitrogen and oxygen atoms in total. The van der Waals surface area contributed by atoms with Gasteiger partial charge in [-0.3, -0.25) is 13.5 Å². The Morgan fingerprint density at radius 1 is 1.38 bits per heavy atom. The van der Waals surface area contributed by atoms with Crippen molar-refractivity contribution in [1.29, 1.82) is 0 Å². The van der Waals surface area contributed by atoms with Gasteiger partial charge in [-0.05, 0) is 13.3 Å². The average Bonchev–Trinajstić information content (AvgIpc) is 2.16. The highest BCUT2D eigenvalue weighted by molar-refractivity contribution is 7.80. The lowest BCUT2D eigenvalue weighted by molar-refractivity contribution is -0.114. The molecule has 0 aliphatic carbocycles. The molecule has 5 N–H and O–H groups in total. The fourth-order valence-corrected chi connectivity index (χ4v) is 0.615. The minimum absolute atomic E-state index is 0.425. The third kappa shape index (κ3) is 11.0. The predicted octanol–water partition coefficient (Wildman–Crippen LogP) is -0.0599. The van der Waals surface area contributed by atoms with Gasteiger partial charge in [-0.15, -0.1) is 0 Å². The van der Waals surface area contributed by atoms with E-state index in [1.807, 2.05) is 6.92 Å². The third-order valence-electron chi connectivity index (χ3n) is 1.58. The zero-order valence-corrected chi connectivity index (χ0v) is 10.4. The molecule has 0 bridgehead atoms. The summed E-state index contributed by atoms with van der Waals surface area (Å²) in [4.78, 5) is 10.5. The van der Waals surface area contributed by atoms with E-state index in [1.165, 1.54) is 0 Å². The average molecular weight is 254 g/mol. The second-order valence-electron chi connectivity index (χ2n) is 2.86. The van der Waals surface area contributed by atoms with Crippen LogP contribution in [0.2, 0.25) is 0 Å². The zero-order valence-electron chi connectivity index (χ0n) is 9.56. The van der Waals surface area contributed by atoms with Crippen molar-refractivity contribution in [3.63, 3.8) is 0 Å². The molecule has 8 heteroatoms. The molecule has 0 fully saturated rings. The fraction of sp³-hybridized carbons (Fsp3) is 0.625. The minimum atomic E-state index is -4.16. The first-order chi connectivity index (χ1) is 7.15. The molecular weight excluding hydrogens is 236 g/mol. The Balaban J connectivity index is 0. The first kappa shape index (κ1) is 17.3. The van der Waals surface area contributed by atoms with Crippen LogP contribution in [0.3, 0.4) is 0 Å². The number of hydrogen-bond acceptors (Lipinski definition) is 5. The summed E-state index contributed by atoms with van der Waals surface area (Å²) in [5, 5.41) is 0. The van der Waals surface area contributed by atoms with Crippen molar-refractivity contribution in [2.24, 2.45) is 11.5 Å². The number of amides is 1. The number of allylic oxidation sites excluding steroid dienone is 1. The number of carbonyl (C=O) groups is 1. The lowest BCUT2D eigenvalue weighted by Gasteiger charge is -2.01. The predicted molar refractivity (Wildman–Crippen MR) is 59.5 cm³/mol. The van der Waals surface area contributed by atoms with Crippen molar-refractivity contribution in [3.05, 3.63) is 11.3 Å². The van der Waals surface area contributed by atoms with Crippen LogP contribution < -0.4 is 11.5 Å². The molecule has 0 saturated heterocycles. The van der Waals surface area contributed by atoms with E-state index in [9.17, 15) is 13.2 Å². The molecule has 0 heterocycles. The molecule has 0 aromatic carbocycles. The Labute approximate surface area is 95.4 Å². The molecule has 0 unspecified atom stereocenters. The minimum Gasteiger partial charge on any atom is -0.402 e.